The van der Waals surface area contributed by atoms with Gasteiger partial charge in [-0.15, -0.1) is 0 Å². The fourth-order valence-corrected chi connectivity index (χ4v) is 1.97. The lowest BCUT2D eigenvalue weighted by Gasteiger charge is -2.11. The molecule has 0 atom stereocenters. The zero-order valence-corrected chi connectivity index (χ0v) is 14.8. The van der Waals surface area contributed by atoms with E-state index in [9.17, 15) is 0 Å². The molecule has 0 aliphatic rings. The van der Waals surface area contributed by atoms with Crippen molar-refractivity contribution in [3.8, 4) is 0 Å². The van der Waals surface area contributed by atoms with Crippen molar-refractivity contribution in [2.45, 2.75) is 33.1 Å². The van der Waals surface area contributed by atoms with Crippen molar-refractivity contribution < 1.29 is 9.47 Å². The first kappa shape index (κ1) is 20.5. The second kappa shape index (κ2) is 17.6. The Morgan fingerprint density at radius 2 is 1.76 bits per heavy atom. The summed E-state index contributed by atoms with van der Waals surface area (Å²) in [4.78, 5) is 4.52. The van der Waals surface area contributed by atoms with Crippen LogP contribution < -0.4 is 10.6 Å². The van der Waals surface area contributed by atoms with Gasteiger partial charge in [-0.3, -0.25) is 4.99 Å². The standard InChI is InChI=1S/C15H33N3O2S/c1-4-6-10-19-12-13-20-11-9-18-15(16-5-2)17-8-7-14-21-3/h4-14H2,1-3H3,(H2,16,17,18). The van der Waals surface area contributed by atoms with Gasteiger partial charge in [0.2, 0.25) is 0 Å². The van der Waals surface area contributed by atoms with E-state index in [4.69, 9.17) is 9.47 Å². The number of hydrogen-bond donors (Lipinski definition) is 2. The van der Waals surface area contributed by atoms with Crippen molar-refractivity contribution in [3.05, 3.63) is 0 Å². The monoisotopic (exact) mass is 319 g/mol. The molecule has 0 amide bonds. The maximum Gasteiger partial charge on any atom is 0.191 e. The van der Waals surface area contributed by atoms with Crippen LogP contribution in [0.3, 0.4) is 0 Å². The molecule has 0 aliphatic carbocycles. The molecule has 0 spiro atoms. The Balaban J connectivity index is 3.50. The van der Waals surface area contributed by atoms with Gasteiger partial charge in [-0.25, -0.2) is 0 Å². The van der Waals surface area contributed by atoms with Crippen LogP contribution in [0.2, 0.25) is 0 Å². The van der Waals surface area contributed by atoms with E-state index < -0.39 is 0 Å². The number of hydrogen-bond acceptors (Lipinski definition) is 4. The Morgan fingerprint density at radius 1 is 1.00 bits per heavy atom. The van der Waals surface area contributed by atoms with Crippen LogP contribution in [0.4, 0.5) is 0 Å². The molecule has 0 aromatic carbocycles. The first-order chi connectivity index (χ1) is 10.3. The third-order valence-electron chi connectivity index (χ3n) is 2.67. The number of ether oxygens (including phenoxy) is 2. The largest absolute Gasteiger partial charge is 0.379 e. The Kier molecular flexibility index (Phi) is 17.2. The molecule has 0 aromatic rings. The van der Waals surface area contributed by atoms with E-state index in [1.807, 2.05) is 11.8 Å². The van der Waals surface area contributed by atoms with Gasteiger partial charge < -0.3 is 20.1 Å². The molecule has 2 N–H and O–H groups in total. The van der Waals surface area contributed by atoms with Crippen LogP contribution in [-0.2, 0) is 9.47 Å². The number of nitrogens with zero attached hydrogens (tertiary/aromatic N) is 1. The van der Waals surface area contributed by atoms with Crippen molar-refractivity contribution in [1.82, 2.24) is 10.6 Å². The topological polar surface area (TPSA) is 54.9 Å². The van der Waals surface area contributed by atoms with Crippen molar-refractivity contribution in [1.29, 1.82) is 0 Å². The minimum Gasteiger partial charge on any atom is -0.379 e. The normalized spacial score (nSPS) is 11.7. The predicted octanol–water partition coefficient (Wildman–Crippen LogP) is 2.13. The number of nitrogens with one attached hydrogen (secondary N) is 2. The lowest BCUT2D eigenvalue weighted by molar-refractivity contribution is 0.0487. The maximum absolute atomic E-state index is 5.51. The van der Waals surface area contributed by atoms with Crippen LogP contribution in [0.25, 0.3) is 0 Å². The van der Waals surface area contributed by atoms with Crippen molar-refractivity contribution >= 4 is 17.7 Å². The first-order valence-electron chi connectivity index (χ1n) is 8.01. The summed E-state index contributed by atoms with van der Waals surface area (Å²) >= 11 is 1.86. The quantitative estimate of drug-likeness (QED) is 0.292. The molecule has 21 heavy (non-hydrogen) atoms. The lowest BCUT2D eigenvalue weighted by Crippen LogP contribution is -2.39. The molecular weight excluding hydrogens is 286 g/mol. The van der Waals surface area contributed by atoms with Gasteiger partial charge in [0.25, 0.3) is 0 Å². The van der Waals surface area contributed by atoms with E-state index >= 15 is 0 Å². The van der Waals surface area contributed by atoms with E-state index in [1.165, 1.54) is 6.42 Å². The molecule has 0 aromatic heterocycles. The Bertz CT molecular complexity index is 241. The minimum atomic E-state index is 0.660. The highest BCUT2D eigenvalue weighted by atomic mass is 32.2. The van der Waals surface area contributed by atoms with Gasteiger partial charge in [0, 0.05) is 26.2 Å². The van der Waals surface area contributed by atoms with Crippen molar-refractivity contribution in [2.24, 2.45) is 4.99 Å². The van der Waals surface area contributed by atoms with Crippen molar-refractivity contribution in [3.63, 3.8) is 0 Å². The molecular formula is C15H33N3O2S. The van der Waals surface area contributed by atoms with Crippen LogP contribution in [-0.4, -0.2) is 64.0 Å². The average Bonchev–Trinajstić information content (AvgIpc) is 2.49. The summed E-state index contributed by atoms with van der Waals surface area (Å²) in [6, 6.07) is 0. The molecule has 126 valence electrons. The summed E-state index contributed by atoms with van der Waals surface area (Å²) in [7, 11) is 0. The maximum atomic E-state index is 5.51. The summed E-state index contributed by atoms with van der Waals surface area (Å²) in [6.07, 6.45) is 5.54. The Labute approximate surface area is 134 Å². The predicted molar refractivity (Wildman–Crippen MR) is 93.5 cm³/mol. The van der Waals surface area contributed by atoms with Gasteiger partial charge >= 0.3 is 0 Å². The number of guanidine groups is 1. The fraction of sp³-hybridized carbons (Fsp3) is 0.933. The molecule has 6 heteroatoms. The molecule has 0 heterocycles. The summed E-state index contributed by atoms with van der Waals surface area (Å²) < 4.78 is 10.9. The van der Waals surface area contributed by atoms with E-state index in [-0.39, 0.29) is 0 Å². The Morgan fingerprint density at radius 3 is 2.43 bits per heavy atom. The van der Waals surface area contributed by atoms with Gasteiger partial charge in [-0.05, 0) is 31.8 Å². The smallest absolute Gasteiger partial charge is 0.191 e. The summed E-state index contributed by atoms with van der Waals surface area (Å²) in [5.41, 5.74) is 0. The molecule has 0 saturated carbocycles. The molecule has 0 unspecified atom stereocenters. The van der Waals surface area contributed by atoms with Gasteiger partial charge in [-0.1, -0.05) is 13.3 Å². The summed E-state index contributed by atoms with van der Waals surface area (Å²) in [5.74, 6) is 2.03. The SMILES string of the molecule is CCCCOCCOCCNC(=NCCCSC)NCC. The van der Waals surface area contributed by atoms with E-state index in [0.717, 1.165) is 50.8 Å². The minimum absolute atomic E-state index is 0.660. The van der Waals surface area contributed by atoms with Gasteiger partial charge in [0.15, 0.2) is 5.96 Å². The van der Waals surface area contributed by atoms with E-state index in [1.54, 1.807) is 0 Å². The number of thioether (sulfide) groups is 1. The number of unbranched alkanes of at least 4 members (excludes halogenated alkanes) is 1. The molecule has 0 fully saturated rings. The highest BCUT2D eigenvalue weighted by Gasteiger charge is 1.96. The molecule has 5 nitrogen and oxygen atoms in total. The van der Waals surface area contributed by atoms with Crippen LogP contribution >= 0.6 is 11.8 Å². The van der Waals surface area contributed by atoms with Crippen LogP contribution in [0.1, 0.15) is 33.1 Å². The lowest BCUT2D eigenvalue weighted by atomic mass is 10.4. The van der Waals surface area contributed by atoms with Crippen LogP contribution in [0.15, 0.2) is 4.99 Å². The number of rotatable bonds is 14. The van der Waals surface area contributed by atoms with Gasteiger partial charge in [0.1, 0.15) is 0 Å². The highest BCUT2D eigenvalue weighted by Crippen LogP contribution is 1.94. The van der Waals surface area contributed by atoms with Crippen molar-refractivity contribution in [2.75, 3.05) is 58.1 Å². The third-order valence-corrected chi connectivity index (χ3v) is 3.37. The zero-order chi connectivity index (χ0) is 15.6. The Hall–Kier alpha value is -0.460. The molecule has 0 rings (SSSR count). The summed E-state index contributed by atoms with van der Waals surface area (Å²) in [6.45, 7) is 9.60. The fourth-order valence-electron chi connectivity index (χ4n) is 1.55. The second-order valence-electron chi connectivity index (χ2n) is 4.61. The first-order valence-corrected chi connectivity index (χ1v) is 9.41. The van der Waals surface area contributed by atoms with Gasteiger partial charge in [0.05, 0.1) is 19.8 Å². The summed E-state index contributed by atoms with van der Waals surface area (Å²) in [5, 5.41) is 6.51. The zero-order valence-electron chi connectivity index (χ0n) is 14.0. The third kappa shape index (κ3) is 15.7. The average molecular weight is 320 g/mol. The molecule has 0 aliphatic heterocycles. The molecule has 0 bridgehead atoms. The molecule has 0 saturated heterocycles. The van der Waals surface area contributed by atoms with Crippen LogP contribution in [0.5, 0.6) is 0 Å². The second-order valence-corrected chi connectivity index (χ2v) is 5.60. The van der Waals surface area contributed by atoms with E-state index in [2.05, 4.69) is 35.7 Å². The molecule has 0 radical (unpaired) electrons. The van der Waals surface area contributed by atoms with E-state index in [0.29, 0.717) is 19.8 Å². The highest BCUT2D eigenvalue weighted by molar-refractivity contribution is 7.98. The van der Waals surface area contributed by atoms with Gasteiger partial charge in [-0.2, -0.15) is 11.8 Å². The van der Waals surface area contributed by atoms with Crippen LogP contribution in [0, 0.1) is 0 Å². The number of aliphatic imine (C=N–C) groups is 1.